The molecule has 0 saturated carbocycles. The molecule has 0 spiro atoms. The number of aromatic amines is 1. The van der Waals surface area contributed by atoms with Crippen LogP contribution in [-0.4, -0.2) is 27.2 Å². The Bertz CT molecular complexity index is 680. The van der Waals surface area contributed by atoms with Gasteiger partial charge in [0.25, 0.3) is 0 Å². The second kappa shape index (κ2) is 6.54. The molecule has 3 heterocycles. The number of hydrogen-bond acceptors (Lipinski definition) is 5. The van der Waals surface area contributed by atoms with Crippen molar-refractivity contribution in [2.45, 2.75) is 33.5 Å². The molecule has 1 N–H and O–H groups in total. The van der Waals surface area contributed by atoms with E-state index in [1.54, 1.807) is 11.8 Å². The quantitative estimate of drug-likeness (QED) is 0.914. The average Bonchev–Trinajstić information content (AvgIpc) is 3.14. The number of rotatable bonds is 5. The van der Waals surface area contributed by atoms with Gasteiger partial charge in [-0.3, -0.25) is 5.10 Å². The molecule has 1 aliphatic rings. The van der Waals surface area contributed by atoms with E-state index in [-0.39, 0.29) is 6.10 Å². The zero-order valence-corrected chi connectivity index (χ0v) is 13.9. The Morgan fingerprint density at radius 1 is 1.45 bits per heavy atom. The minimum absolute atomic E-state index is 0.231. The lowest BCUT2D eigenvalue weighted by molar-refractivity contribution is 0.0657. The summed E-state index contributed by atoms with van der Waals surface area (Å²) in [5.41, 5.74) is 3.39. The second-order valence-electron chi connectivity index (χ2n) is 5.53. The van der Waals surface area contributed by atoms with Crippen LogP contribution in [0.5, 0.6) is 0 Å². The smallest absolute Gasteiger partial charge is 0.133 e. The van der Waals surface area contributed by atoms with Crippen molar-refractivity contribution >= 4 is 22.5 Å². The predicted octanol–water partition coefficient (Wildman–Crippen LogP) is 3.55. The molecule has 2 aromatic rings. The third kappa shape index (κ3) is 3.34. The molecule has 0 unspecified atom stereocenters. The lowest BCUT2D eigenvalue weighted by Gasteiger charge is -2.14. The fourth-order valence-electron chi connectivity index (χ4n) is 2.20. The Morgan fingerprint density at radius 3 is 3.05 bits per heavy atom. The van der Waals surface area contributed by atoms with Crippen LogP contribution in [0, 0.1) is 6.92 Å². The summed E-state index contributed by atoms with van der Waals surface area (Å²) in [5.74, 6) is 1.81. The number of hydrogen-bond donors (Lipinski definition) is 1. The van der Waals surface area contributed by atoms with Crippen molar-refractivity contribution in [1.29, 1.82) is 0 Å². The van der Waals surface area contributed by atoms with E-state index in [4.69, 9.17) is 4.74 Å². The monoisotopic (exact) mass is 316 g/mol. The summed E-state index contributed by atoms with van der Waals surface area (Å²) < 4.78 is 5.66. The minimum Gasteiger partial charge on any atom is -0.374 e. The van der Waals surface area contributed by atoms with Crippen LogP contribution in [0.1, 0.15) is 30.7 Å². The van der Waals surface area contributed by atoms with Crippen LogP contribution in [0.2, 0.25) is 0 Å². The summed E-state index contributed by atoms with van der Waals surface area (Å²) in [7, 11) is 0. The largest absolute Gasteiger partial charge is 0.374 e. The summed E-state index contributed by atoms with van der Waals surface area (Å²) in [6, 6.07) is 4.09. The lowest BCUT2D eigenvalue weighted by Crippen LogP contribution is -2.13. The van der Waals surface area contributed by atoms with Crippen LogP contribution in [-0.2, 0) is 11.3 Å². The van der Waals surface area contributed by atoms with E-state index in [2.05, 4.69) is 32.3 Å². The van der Waals surface area contributed by atoms with Crippen molar-refractivity contribution in [3.8, 4) is 0 Å². The first-order valence-electron chi connectivity index (χ1n) is 7.31. The molecule has 3 rings (SSSR count). The van der Waals surface area contributed by atoms with Crippen molar-refractivity contribution < 1.29 is 4.74 Å². The third-order valence-corrected chi connectivity index (χ3v) is 4.46. The van der Waals surface area contributed by atoms with E-state index < -0.39 is 0 Å². The molecular formula is C16H20N4OS. The Morgan fingerprint density at radius 2 is 2.32 bits per heavy atom. The predicted molar refractivity (Wildman–Crippen MR) is 90.4 cm³/mol. The molecule has 0 aromatic carbocycles. The molecule has 1 aliphatic heterocycles. The molecule has 0 saturated heterocycles. The van der Waals surface area contributed by atoms with Gasteiger partial charge < -0.3 is 9.64 Å². The van der Waals surface area contributed by atoms with Crippen molar-refractivity contribution in [1.82, 2.24) is 15.2 Å². The Balaban J connectivity index is 1.76. The Hall–Kier alpha value is -1.79. The molecule has 116 valence electrons. The SMILES string of the molecule is Cc1[nH]ncc1C1=CN(c2cc(COC(C)C)ccn2)CS1. The van der Waals surface area contributed by atoms with Crippen LogP contribution < -0.4 is 4.90 Å². The minimum atomic E-state index is 0.231. The number of anilines is 1. The zero-order valence-electron chi connectivity index (χ0n) is 13.0. The molecule has 0 amide bonds. The van der Waals surface area contributed by atoms with Gasteiger partial charge in [0.1, 0.15) is 5.82 Å². The van der Waals surface area contributed by atoms with E-state index >= 15 is 0 Å². The van der Waals surface area contributed by atoms with Crippen molar-refractivity contribution in [3.05, 3.63) is 47.5 Å². The number of aromatic nitrogens is 3. The van der Waals surface area contributed by atoms with Crippen LogP contribution >= 0.6 is 11.8 Å². The maximum absolute atomic E-state index is 5.66. The van der Waals surface area contributed by atoms with Gasteiger partial charge in [0.05, 0.1) is 24.8 Å². The normalized spacial score (nSPS) is 14.7. The molecule has 6 heteroatoms. The van der Waals surface area contributed by atoms with E-state index in [0.29, 0.717) is 6.61 Å². The highest BCUT2D eigenvalue weighted by atomic mass is 32.2. The summed E-state index contributed by atoms with van der Waals surface area (Å²) in [6.07, 6.45) is 6.08. The molecule has 0 bridgehead atoms. The number of nitrogens with one attached hydrogen (secondary N) is 1. The molecule has 0 aliphatic carbocycles. The number of pyridine rings is 1. The zero-order chi connectivity index (χ0) is 15.5. The van der Waals surface area contributed by atoms with Gasteiger partial charge >= 0.3 is 0 Å². The molecule has 5 nitrogen and oxygen atoms in total. The molecule has 0 atom stereocenters. The summed E-state index contributed by atoms with van der Waals surface area (Å²) in [6.45, 7) is 6.74. The van der Waals surface area contributed by atoms with Gasteiger partial charge in [0.15, 0.2) is 0 Å². The van der Waals surface area contributed by atoms with Crippen LogP contribution in [0.3, 0.4) is 0 Å². The van der Waals surface area contributed by atoms with Gasteiger partial charge in [-0.25, -0.2) is 4.98 Å². The van der Waals surface area contributed by atoms with E-state index in [9.17, 15) is 0 Å². The fraction of sp³-hybridized carbons (Fsp3) is 0.375. The van der Waals surface area contributed by atoms with Crippen LogP contribution in [0.15, 0.2) is 30.7 Å². The topological polar surface area (TPSA) is 54.0 Å². The first-order valence-corrected chi connectivity index (χ1v) is 8.30. The number of nitrogens with zero attached hydrogens (tertiary/aromatic N) is 3. The Labute approximate surface area is 134 Å². The van der Waals surface area contributed by atoms with Crippen molar-refractivity contribution in [2.24, 2.45) is 0 Å². The van der Waals surface area contributed by atoms with Gasteiger partial charge in [0, 0.05) is 28.6 Å². The molecular weight excluding hydrogens is 296 g/mol. The molecule has 2 aromatic heterocycles. The summed E-state index contributed by atoms with van der Waals surface area (Å²) in [4.78, 5) is 7.85. The van der Waals surface area contributed by atoms with Gasteiger partial charge in [-0.05, 0) is 38.5 Å². The summed E-state index contributed by atoms with van der Waals surface area (Å²) >= 11 is 1.80. The van der Waals surface area contributed by atoms with E-state index in [0.717, 1.165) is 28.5 Å². The molecule has 0 radical (unpaired) electrons. The number of thioether (sulfide) groups is 1. The highest BCUT2D eigenvalue weighted by Crippen LogP contribution is 2.36. The van der Waals surface area contributed by atoms with Crippen molar-refractivity contribution in [2.75, 3.05) is 10.8 Å². The van der Waals surface area contributed by atoms with Gasteiger partial charge in [-0.1, -0.05) is 0 Å². The summed E-state index contributed by atoms with van der Waals surface area (Å²) in [5, 5.41) is 7.07. The first-order chi connectivity index (χ1) is 10.6. The van der Waals surface area contributed by atoms with Gasteiger partial charge in [-0.15, -0.1) is 11.8 Å². The Kier molecular flexibility index (Phi) is 4.49. The fourth-order valence-corrected chi connectivity index (χ4v) is 3.25. The van der Waals surface area contributed by atoms with E-state index in [1.165, 1.54) is 4.91 Å². The maximum Gasteiger partial charge on any atom is 0.133 e. The van der Waals surface area contributed by atoms with E-state index in [1.807, 2.05) is 39.2 Å². The average molecular weight is 316 g/mol. The highest BCUT2D eigenvalue weighted by Gasteiger charge is 2.19. The highest BCUT2D eigenvalue weighted by molar-refractivity contribution is 8.08. The number of aryl methyl sites for hydroxylation is 1. The van der Waals surface area contributed by atoms with Gasteiger partial charge in [-0.2, -0.15) is 5.10 Å². The molecule has 0 fully saturated rings. The second-order valence-corrected chi connectivity index (χ2v) is 6.51. The standard InChI is InChI=1S/C16H20N4OS/c1-11(2)21-9-13-4-5-17-16(6-13)20-8-15(22-10-20)14-7-18-19-12(14)3/h4-8,11H,9-10H2,1-3H3,(H,18,19). The lowest BCUT2D eigenvalue weighted by atomic mass is 10.2. The molecule has 22 heavy (non-hydrogen) atoms. The third-order valence-electron chi connectivity index (χ3n) is 3.42. The van der Waals surface area contributed by atoms with Crippen LogP contribution in [0.4, 0.5) is 5.82 Å². The van der Waals surface area contributed by atoms with Crippen LogP contribution in [0.25, 0.3) is 4.91 Å². The van der Waals surface area contributed by atoms with Gasteiger partial charge in [0.2, 0.25) is 0 Å². The number of H-pyrrole nitrogens is 1. The number of ether oxygens (including phenoxy) is 1. The first kappa shape index (κ1) is 15.1. The van der Waals surface area contributed by atoms with Crippen molar-refractivity contribution in [3.63, 3.8) is 0 Å². The maximum atomic E-state index is 5.66.